The lowest BCUT2D eigenvalue weighted by Gasteiger charge is -2.19. The molecule has 0 aliphatic rings. The predicted octanol–water partition coefficient (Wildman–Crippen LogP) is 4.54. The maximum atomic E-state index is 12.0. The summed E-state index contributed by atoms with van der Waals surface area (Å²) >= 11 is 0. The van der Waals surface area contributed by atoms with E-state index in [9.17, 15) is 4.79 Å². The molecule has 25 heavy (non-hydrogen) atoms. The normalized spacial score (nSPS) is 11.3. The maximum absolute atomic E-state index is 12.0. The van der Waals surface area contributed by atoms with Gasteiger partial charge in [0.25, 0.3) is 0 Å². The molecule has 0 aromatic heterocycles. The third kappa shape index (κ3) is 7.10. The van der Waals surface area contributed by atoms with E-state index in [0.29, 0.717) is 13.0 Å². The van der Waals surface area contributed by atoms with Crippen molar-refractivity contribution < 1.29 is 4.79 Å². The van der Waals surface area contributed by atoms with Gasteiger partial charge in [0.05, 0.1) is 0 Å². The van der Waals surface area contributed by atoms with Crippen molar-refractivity contribution in [2.24, 2.45) is 0 Å². The first-order chi connectivity index (χ1) is 11.9. The van der Waals surface area contributed by atoms with Crippen molar-refractivity contribution in [1.82, 2.24) is 5.32 Å². The molecule has 1 amide bonds. The number of amides is 1. The Bertz CT molecular complexity index is 642. The summed E-state index contributed by atoms with van der Waals surface area (Å²) in [6, 6.07) is 18.6. The van der Waals surface area contributed by atoms with Gasteiger partial charge in [0.1, 0.15) is 0 Å². The molecule has 0 spiro atoms. The van der Waals surface area contributed by atoms with Gasteiger partial charge >= 0.3 is 0 Å². The van der Waals surface area contributed by atoms with E-state index in [-0.39, 0.29) is 11.3 Å². The molecular weight excluding hydrogens is 308 g/mol. The molecular formula is C22H30N2O. The summed E-state index contributed by atoms with van der Waals surface area (Å²) in [4.78, 5) is 12.0. The SMILES string of the molecule is CC(C)(C)c1ccc(NC(=O)CCNCCCc2ccccc2)cc1. The van der Waals surface area contributed by atoms with Gasteiger partial charge in [-0.2, -0.15) is 0 Å². The molecule has 0 fully saturated rings. The minimum atomic E-state index is 0.0547. The van der Waals surface area contributed by atoms with Crippen LogP contribution in [0, 0.1) is 0 Å². The van der Waals surface area contributed by atoms with Crippen LogP contribution in [-0.2, 0) is 16.6 Å². The molecule has 2 rings (SSSR count). The molecule has 0 saturated carbocycles. The molecule has 2 N–H and O–H groups in total. The van der Waals surface area contributed by atoms with Crippen molar-refractivity contribution in [2.45, 2.75) is 45.4 Å². The minimum Gasteiger partial charge on any atom is -0.326 e. The summed E-state index contributed by atoms with van der Waals surface area (Å²) in [5.74, 6) is 0.0547. The molecule has 3 nitrogen and oxygen atoms in total. The van der Waals surface area contributed by atoms with Gasteiger partial charge in [-0.3, -0.25) is 4.79 Å². The first-order valence-electron chi connectivity index (χ1n) is 9.10. The van der Waals surface area contributed by atoms with E-state index in [4.69, 9.17) is 0 Å². The summed E-state index contributed by atoms with van der Waals surface area (Å²) in [5, 5.41) is 6.30. The summed E-state index contributed by atoms with van der Waals surface area (Å²) in [6.07, 6.45) is 2.65. The van der Waals surface area contributed by atoms with Crippen molar-refractivity contribution in [2.75, 3.05) is 18.4 Å². The number of benzene rings is 2. The van der Waals surface area contributed by atoms with Gasteiger partial charge in [0, 0.05) is 18.7 Å². The molecule has 0 atom stereocenters. The zero-order chi connectivity index (χ0) is 18.1. The Morgan fingerprint density at radius 2 is 1.60 bits per heavy atom. The Balaban J connectivity index is 1.61. The fourth-order valence-corrected chi connectivity index (χ4v) is 2.67. The number of anilines is 1. The Hall–Kier alpha value is -2.13. The molecule has 0 heterocycles. The van der Waals surface area contributed by atoms with Gasteiger partial charge in [0.15, 0.2) is 0 Å². The molecule has 0 saturated heterocycles. The highest BCUT2D eigenvalue weighted by atomic mass is 16.1. The average Bonchev–Trinajstić information content (AvgIpc) is 2.58. The highest BCUT2D eigenvalue weighted by Crippen LogP contribution is 2.23. The maximum Gasteiger partial charge on any atom is 0.225 e. The quantitative estimate of drug-likeness (QED) is 0.694. The number of nitrogens with one attached hydrogen (secondary N) is 2. The van der Waals surface area contributed by atoms with Crippen molar-refractivity contribution in [3.05, 3.63) is 65.7 Å². The fraction of sp³-hybridized carbons (Fsp3) is 0.409. The van der Waals surface area contributed by atoms with Crippen LogP contribution < -0.4 is 10.6 Å². The molecule has 0 radical (unpaired) electrons. The second-order valence-corrected chi connectivity index (χ2v) is 7.46. The second-order valence-electron chi connectivity index (χ2n) is 7.46. The van der Waals surface area contributed by atoms with Crippen LogP contribution in [0.1, 0.15) is 44.7 Å². The molecule has 2 aromatic rings. The number of carbonyl (C=O) groups is 1. The first kappa shape index (κ1) is 19.2. The zero-order valence-corrected chi connectivity index (χ0v) is 15.6. The third-order valence-corrected chi connectivity index (χ3v) is 4.23. The van der Waals surface area contributed by atoms with Gasteiger partial charge in [-0.05, 0) is 48.1 Å². The molecule has 0 aliphatic heterocycles. The smallest absolute Gasteiger partial charge is 0.225 e. The summed E-state index contributed by atoms with van der Waals surface area (Å²) in [7, 11) is 0. The number of rotatable bonds is 8. The van der Waals surface area contributed by atoms with Gasteiger partial charge in [-0.25, -0.2) is 0 Å². The number of hydrogen-bond donors (Lipinski definition) is 2. The highest BCUT2D eigenvalue weighted by Gasteiger charge is 2.13. The number of carbonyl (C=O) groups excluding carboxylic acids is 1. The Morgan fingerprint density at radius 3 is 2.24 bits per heavy atom. The van der Waals surface area contributed by atoms with Gasteiger partial charge in [-0.15, -0.1) is 0 Å². The summed E-state index contributed by atoms with van der Waals surface area (Å²) < 4.78 is 0. The van der Waals surface area contributed by atoms with E-state index < -0.39 is 0 Å². The highest BCUT2D eigenvalue weighted by molar-refractivity contribution is 5.90. The molecule has 2 aromatic carbocycles. The van der Waals surface area contributed by atoms with Crippen LogP contribution in [0.15, 0.2) is 54.6 Å². The van der Waals surface area contributed by atoms with Crippen LogP contribution in [0.3, 0.4) is 0 Å². The molecule has 134 valence electrons. The Labute approximate surface area is 151 Å². The van der Waals surface area contributed by atoms with E-state index in [0.717, 1.165) is 25.1 Å². The van der Waals surface area contributed by atoms with Crippen LogP contribution in [0.25, 0.3) is 0 Å². The van der Waals surface area contributed by atoms with Crippen molar-refractivity contribution in [3.63, 3.8) is 0 Å². The molecule has 3 heteroatoms. The predicted molar refractivity (Wildman–Crippen MR) is 106 cm³/mol. The lowest BCUT2D eigenvalue weighted by atomic mass is 9.87. The van der Waals surface area contributed by atoms with Crippen LogP contribution in [-0.4, -0.2) is 19.0 Å². The Kier molecular flexibility index (Phi) is 7.20. The van der Waals surface area contributed by atoms with E-state index in [1.807, 2.05) is 18.2 Å². The van der Waals surface area contributed by atoms with Crippen molar-refractivity contribution >= 4 is 11.6 Å². The van der Waals surface area contributed by atoms with Crippen molar-refractivity contribution in [3.8, 4) is 0 Å². The lowest BCUT2D eigenvalue weighted by molar-refractivity contribution is -0.116. The van der Waals surface area contributed by atoms with Gasteiger partial charge in [-0.1, -0.05) is 63.2 Å². The van der Waals surface area contributed by atoms with E-state index >= 15 is 0 Å². The summed E-state index contributed by atoms with van der Waals surface area (Å²) in [6.45, 7) is 8.20. The second kappa shape index (κ2) is 9.38. The van der Waals surface area contributed by atoms with Crippen LogP contribution in [0.2, 0.25) is 0 Å². The largest absolute Gasteiger partial charge is 0.326 e. The fourth-order valence-electron chi connectivity index (χ4n) is 2.67. The van der Waals surface area contributed by atoms with Crippen LogP contribution in [0.5, 0.6) is 0 Å². The monoisotopic (exact) mass is 338 g/mol. The minimum absolute atomic E-state index is 0.0547. The van der Waals surface area contributed by atoms with Gasteiger partial charge < -0.3 is 10.6 Å². The zero-order valence-electron chi connectivity index (χ0n) is 15.6. The first-order valence-corrected chi connectivity index (χ1v) is 9.10. The topological polar surface area (TPSA) is 41.1 Å². The van der Waals surface area contributed by atoms with E-state index in [2.05, 4.69) is 67.8 Å². The van der Waals surface area contributed by atoms with E-state index in [1.54, 1.807) is 0 Å². The lowest BCUT2D eigenvalue weighted by Crippen LogP contribution is -2.23. The number of hydrogen-bond acceptors (Lipinski definition) is 2. The van der Waals surface area contributed by atoms with Crippen molar-refractivity contribution in [1.29, 1.82) is 0 Å². The standard InChI is InChI=1S/C22H30N2O/c1-22(2,3)19-11-13-20(14-12-19)24-21(25)15-17-23-16-7-10-18-8-5-4-6-9-18/h4-6,8-9,11-14,23H,7,10,15-17H2,1-3H3,(H,24,25). The molecule has 0 bridgehead atoms. The number of aryl methyl sites for hydroxylation is 1. The van der Waals surface area contributed by atoms with Crippen LogP contribution >= 0.6 is 0 Å². The van der Waals surface area contributed by atoms with Crippen LogP contribution in [0.4, 0.5) is 5.69 Å². The Morgan fingerprint density at radius 1 is 0.920 bits per heavy atom. The molecule has 0 unspecified atom stereocenters. The van der Waals surface area contributed by atoms with E-state index in [1.165, 1.54) is 11.1 Å². The van der Waals surface area contributed by atoms with Gasteiger partial charge in [0.2, 0.25) is 5.91 Å². The molecule has 0 aliphatic carbocycles. The summed E-state index contributed by atoms with van der Waals surface area (Å²) in [5.41, 5.74) is 3.63. The average molecular weight is 338 g/mol. The third-order valence-electron chi connectivity index (χ3n) is 4.23.